The summed E-state index contributed by atoms with van der Waals surface area (Å²) in [4.78, 5) is 4.54. The Balaban J connectivity index is 1.35. The van der Waals surface area contributed by atoms with E-state index in [1.54, 1.807) is 0 Å². The van der Waals surface area contributed by atoms with E-state index in [-0.39, 0.29) is 0 Å². The molecule has 1 aromatic carbocycles. The molecule has 5 rings (SSSR count). The molecule has 0 fully saturated rings. The Hall–Kier alpha value is -3.19. The standard InChI is InChI=1S/C20H21N7/c1-2-4-16(5-3-1)14-26-15-17(11-23-26)13-25-8-7-22-20(25)19-10-18-12-21-6-9-27(18)24-19/h1-5,7-8,10-11,15,21H,6,9,12-14H2. The van der Waals surface area contributed by atoms with Crippen LogP contribution in [-0.4, -0.2) is 35.7 Å². The lowest BCUT2D eigenvalue weighted by Crippen LogP contribution is -2.28. The average molecular weight is 359 g/mol. The van der Waals surface area contributed by atoms with Crippen LogP contribution in [-0.2, 0) is 26.2 Å². The molecule has 4 heterocycles. The van der Waals surface area contributed by atoms with Crippen LogP contribution in [0.2, 0.25) is 0 Å². The third-order valence-corrected chi connectivity index (χ3v) is 4.84. The van der Waals surface area contributed by atoms with Crippen molar-refractivity contribution in [1.29, 1.82) is 0 Å². The molecule has 1 aliphatic heterocycles. The summed E-state index contributed by atoms with van der Waals surface area (Å²) in [5, 5.41) is 12.6. The van der Waals surface area contributed by atoms with Gasteiger partial charge in [-0.1, -0.05) is 30.3 Å². The molecule has 0 saturated carbocycles. The summed E-state index contributed by atoms with van der Waals surface area (Å²) in [5.41, 5.74) is 4.53. The first-order valence-corrected chi connectivity index (χ1v) is 9.19. The van der Waals surface area contributed by atoms with Crippen LogP contribution >= 0.6 is 0 Å². The molecule has 0 spiro atoms. The topological polar surface area (TPSA) is 65.5 Å². The summed E-state index contributed by atoms with van der Waals surface area (Å²) in [6, 6.07) is 12.5. The van der Waals surface area contributed by atoms with Crippen molar-refractivity contribution >= 4 is 0 Å². The number of hydrogen-bond donors (Lipinski definition) is 1. The first kappa shape index (κ1) is 16.0. The largest absolute Gasteiger partial charge is 0.325 e. The van der Waals surface area contributed by atoms with Gasteiger partial charge in [0.2, 0.25) is 0 Å². The normalized spacial score (nSPS) is 13.6. The first-order valence-electron chi connectivity index (χ1n) is 9.19. The quantitative estimate of drug-likeness (QED) is 0.593. The predicted molar refractivity (Wildman–Crippen MR) is 102 cm³/mol. The number of imidazole rings is 1. The highest BCUT2D eigenvalue weighted by molar-refractivity contribution is 5.50. The van der Waals surface area contributed by atoms with E-state index in [0.717, 1.165) is 49.8 Å². The second-order valence-electron chi connectivity index (χ2n) is 6.83. The lowest BCUT2D eigenvalue weighted by Gasteiger charge is -2.13. The van der Waals surface area contributed by atoms with E-state index >= 15 is 0 Å². The number of hydrogen-bond acceptors (Lipinski definition) is 4. The van der Waals surface area contributed by atoms with Crippen LogP contribution < -0.4 is 5.32 Å². The number of benzene rings is 1. The summed E-state index contributed by atoms with van der Waals surface area (Å²) in [7, 11) is 0. The van der Waals surface area contributed by atoms with Crippen LogP contribution in [0.4, 0.5) is 0 Å². The zero-order valence-corrected chi connectivity index (χ0v) is 15.0. The molecule has 1 N–H and O–H groups in total. The second-order valence-corrected chi connectivity index (χ2v) is 6.83. The Morgan fingerprint density at radius 2 is 2.00 bits per heavy atom. The monoisotopic (exact) mass is 359 g/mol. The molecule has 0 unspecified atom stereocenters. The fraction of sp³-hybridized carbons (Fsp3) is 0.250. The van der Waals surface area contributed by atoms with Crippen LogP contribution in [0.3, 0.4) is 0 Å². The van der Waals surface area contributed by atoms with Gasteiger partial charge in [0.25, 0.3) is 0 Å². The smallest absolute Gasteiger partial charge is 0.160 e. The number of fused-ring (bicyclic) bond motifs is 1. The summed E-state index contributed by atoms with van der Waals surface area (Å²) in [5.74, 6) is 0.896. The molecule has 1 aliphatic rings. The van der Waals surface area contributed by atoms with Gasteiger partial charge in [-0.05, 0) is 11.6 Å². The first-order chi connectivity index (χ1) is 13.3. The molecular formula is C20H21N7. The lowest BCUT2D eigenvalue weighted by molar-refractivity contribution is 0.476. The van der Waals surface area contributed by atoms with Gasteiger partial charge in [-0.3, -0.25) is 9.36 Å². The van der Waals surface area contributed by atoms with Gasteiger partial charge in [0, 0.05) is 37.2 Å². The summed E-state index contributed by atoms with van der Waals surface area (Å²) < 4.78 is 6.18. The summed E-state index contributed by atoms with van der Waals surface area (Å²) in [6.07, 6.45) is 7.86. The van der Waals surface area contributed by atoms with Gasteiger partial charge in [0.15, 0.2) is 5.82 Å². The minimum absolute atomic E-state index is 0.727. The minimum atomic E-state index is 0.727. The van der Waals surface area contributed by atoms with Gasteiger partial charge in [-0.25, -0.2) is 4.98 Å². The number of nitrogens with one attached hydrogen (secondary N) is 1. The predicted octanol–water partition coefficient (Wildman–Crippen LogP) is 2.14. The Kier molecular flexibility index (Phi) is 4.06. The van der Waals surface area contributed by atoms with E-state index in [9.17, 15) is 0 Å². The van der Waals surface area contributed by atoms with Crippen LogP contribution in [0.5, 0.6) is 0 Å². The minimum Gasteiger partial charge on any atom is -0.325 e. The Bertz CT molecular complexity index is 1020. The van der Waals surface area contributed by atoms with Crippen molar-refractivity contribution in [3.05, 3.63) is 78.0 Å². The molecule has 0 amide bonds. The highest BCUT2D eigenvalue weighted by atomic mass is 15.3. The Morgan fingerprint density at radius 1 is 1.07 bits per heavy atom. The van der Waals surface area contributed by atoms with Crippen molar-refractivity contribution < 1.29 is 0 Å². The maximum atomic E-state index is 4.73. The van der Waals surface area contributed by atoms with Crippen molar-refractivity contribution in [2.75, 3.05) is 6.54 Å². The number of aromatic nitrogens is 6. The molecule has 4 aromatic rings. The third-order valence-electron chi connectivity index (χ3n) is 4.84. The highest BCUT2D eigenvalue weighted by Crippen LogP contribution is 2.20. The van der Waals surface area contributed by atoms with E-state index in [4.69, 9.17) is 5.10 Å². The zero-order valence-electron chi connectivity index (χ0n) is 15.0. The van der Waals surface area contributed by atoms with E-state index in [2.05, 4.69) is 61.2 Å². The van der Waals surface area contributed by atoms with Gasteiger partial charge in [0.05, 0.1) is 31.5 Å². The average Bonchev–Trinajstić information content (AvgIpc) is 3.42. The Labute approximate surface area is 157 Å². The molecule has 3 aromatic heterocycles. The van der Waals surface area contributed by atoms with Gasteiger partial charge < -0.3 is 9.88 Å². The Morgan fingerprint density at radius 3 is 2.89 bits per heavy atom. The fourth-order valence-corrected chi connectivity index (χ4v) is 3.51. The van der Waals surface area contributed by atoms with E-state index in [1.165, 1.54) is 11.3 Å². The van der Waals surface area contributed by atoms with Crippen LogP contribution in [0.15, 0.2) is 61.2 Å². The van der Waals surface area contributed by atoms with Crippen molar-refractivity contribution in [1.82, 2.24) is 34.4 Å². The molecule has 0 saturated heterocycles. The molecule has 7 heteroatoms. The van der Waals surface area contributed by atoms with Gasteiger partial charge in [-0.2, -0.15) is 10.2 Å². The molecule has 136 valence electrons. The van der Waals surface area contributed by atoms with Crippen molar-refractivity contribution in [3.8, 4) is 11.5 Å². The summed E-state index contributed by atoms with van der Waals surface area (Å²) >= 11 is 0. The van der Waals surface area contributed by atoms with Gasteiger partial charge >= 0.3 is 0 Å². The van der Waals surface area contributed by atoms with E-state index < -0.39 is 0 Å². The molecule has 27 heavy (non-hydrogen) atoms. The van der Waals surface area contributed by atoms with Crippen molar-refractivity contribution in [3.63, 3.8) is 0 Å². The highest BCUT2D eigenvalue weighted by Gasteiger charge is 2.16. The van der Waals surface area contributed by atoms with Gasteiger partial charge in [0.1, 0.15) is 5.69 Å². The molecule has 0 bridgehead atoms. The van der Waals surface area contributed by atoms with Crippen LogP contribution in [0.25, 0.3) is 11.5 Å². The van der Waals surface area contributed by atoms with E-state index in [1.807, 2.05) is 29.3 Å². The summed E-state index contributed by atoms with van der Waals surface area (Å²) in [6.45, 7) is 4.23. The maximum absolute atomic E-state index is 4.73. The molecular weight excluding hydrogens is 338 g/mol. The number of nitrogens with zero attached hydrogens (tertiary/aromatic N) is 6. The SMILES string of the molecule is c1ccc(Cn2cc(Cn3ccnc3-c3cc4n(n3)CCNC4)cn2)cc1. The fourth-order valence-electron chi connectivity index (χ4n) is 3.51. The lowest BCUT2D eigenvalue weighted by atomic mass is 10.2. The molecule has 0 atom stereocenters. The molecule has 7 nitrogen and oxygen atoms in total. The van der Waals surface area contributed by atoms with Crippen molar-refractivity contribution in [2.45, 2.75) is 26.2 Å². The van der Waals surface area contributed by atoms with Crippen LogP contribution in [0, 0.1) is 0 Å². The number of rotatable bonds is 5. The maximum Gasteiger partial charge on any atom is 0.160 e. The van der Waals surface area contributed by atoms with Gasteiger partial charge in [-0.15, -0.1) is 0 Å². The third kappa shape index (κ3) is 3.29. The second kappa shape index (κ2) is 6.85. The van der Waals surface area contributed by atoms with E-state index in [0.29, 0.717) is 0 Å². The molecule has 0 aliphatic carbocycles. The molecule has 0 radical (unpaired) electrons. The van der Waals surface area contributed by atoms with Crippen LogP contribution in [0.1, 0.15) is 16.8 Å². The van der Waals surface area contributed by atoms with Crippen molar-refractivity contribution in [2.24, 2.45) is 0 Å². The zero-order chi connectivity index (χ0) is 18.1.